The fourth-order valence-electron chi connectivity index (χ4n) is 3.67. The molecule has 2 aliphatic rings. The fourth-order valence-corrected chi connectivity index (χ4v) is 3.67. The van der Waals surface area contributed by atoms with Crippen molar-refractivity contribution in [1.82, 2.24) is 4.98 Å². The average molecular weight is 244 g/mol. The number of pyridine rings is 1. The first-order chi connectivity index (χ1) is 8.77. The minimum Gasteiger partial charge on any atom is -0.371 e. The molecule has 18 heavy (non-hydrogen) atoms. The van der Waals surface area contributed by atoms with E-state index in [0.717, 1.165) is 5.92 Å². The summed E-state index contributed by atoms with van der Waals surface area (Å²) < 4.78 is 0. The van der Waals surface area contributed by atoms with Gasteiger partial charge in [-0.25, -0.2) is 0 Å². The predicted molar refractivity (Wildman–Crippen MR) is 75.7 cm³/mol. The van der Waals surface area contributed by atoms with E-state index >= 15 is 0 Å². The van der Waals surface area contributed by atoms with Gasteiger partial charge in [-0.15, -0.1) is 0 Å². The molecule has 1 aliphatic carbocycles. The van der Waals surface area contributed by atoms with E-state index in [4.69, 9.17) is 0 Å². The Kier molecular flexibility index (Phi) is 3.27. The van der Waals surface area contributed by atoms with Crippen LogP contribution in [0.4, 0.5) is 5.69 Å². The molecule has 0 radical (unpaired) electrons. The molecule has 1 saturated carbocycles. The minimum atomic E-state index is 0.691. The molecule has 0 aromatic carbocycles. The molecular formula is C16H24N2. The maximum atomic E-state index is 4.11. The van der Waals surface area contributed by atoms with Gasteiger partial charge in [0, 0.05) is 31.2 Å². The van der Waals surface area contributed by atoms with Gasteiger partial charge in [0.15, 0.2) is 0 Å². The van der Waals surface area contributed by atoms with Crippen molar-refractivity contribution in [2.75, 3.05) is 18.0 Å². The van der Waals surface area contributed by atoms with Crippen LogP contribution in [0.1, 0.15) is 45.4 Å². The molecule has 0 amide bonds. The van der Waals surface area contributed by atoms with Crippen molar-refractivity contribution in [1.29, 1.82) is 0 Å². The maximum absolute atomic E-state index is 4.11. The first kappa shape index (κ1) is 12.0. The van der Waals surface area contributed by atoms with E-state index < -0.39 is 0 Å². The third-order valence-electron chi connectivity index (χ3n) is 5.19. The lowest BCUT2D eigenvalue weighted by atomic mass is 9.66. The summed E-state index contributed by atoms with van der Waals surface area (Å²) in [6.07, 6.45) is 12.4. The van der Waals surface area contributed by atoms with Crippen molar-refractivity contribution in [3.05, 3.63) is 24.5 Å². The standard InChI is InChI=1S/C16H24N2/c1-14-2-6-16(7-3-14)8-12-18(13-9-16)15-4-10-17-11-5-15/h4-5,10-11,14H,2-3,6-9,12-13H2,1H3. The summed E-state index contributed by atoms with van der Waals surface area (Å²) in [4.78, 5) is 6.64. The van der Waals surface area contributed by atoms with Gasteiger partial charge >= 0.3 is 0 Å². The summed E-state index contributed by atoms with van der Waals surface area (Å²) in [7, 11) is 0. The molecule has 0 bridgehead atoms. The summed E-state index contributed by atoms with van der Waals surface area (Å²) in [6.45, 7) is 4.88. The lowest BCUT2D eigenvalue weighted by Crippen LogP contribution is -2.41. The van der Waals surface area contributed by atoms with Gasteiger partial charge in [-0.05, 0) is 49.1 Å². The molecule has 2 heterocycles. The highest BCUT2D eigenvalue weighted by Crippen LogP contribution is 2.46. The highest BCUT2D eigenvalue weighted by atomic mass is 15.1. The number of hydrogen-bond acceptors (Lipinski definition) is 2. The number of aromatic nitrogens is 1. The van der Waals surface area contributed by atoms with Gasteiger partial charge in [0.05, 0.1) is 0 Å². The van der Waals surface area contributed by atoms with Gasteiger partial charge in [-0.3, -0.25) is 4.98 Å². The Bertz CT molecular complexity index is 369. The zero-order chi connectivity index (χ0) is 12.4. The van der Waals surface area contributed by atoms with E-state index in [1.165, 1.54) is 57.3 Å². The van der Waals surface area contributed by atoms with Crippen LogP contribution in [0.15, 0.2) is 24.5 Å². The van der Waals surface area contributed by atoms with Gasteiger partial charge in [0.25, 0.3) is 0 Å². The summed E-state index contributed by atoms with van der Waals surface area (Å²) in [5.74, 6) is 0.967. The van der Waals surface area contributed by atoms with E-state index in [-0.39, 0.29) is 0 Å². The van der Waals surface area contributed by atoms with Crippen LogP contribution in [0.5, 0.6) is 0 Å². The van der Waals surface area contributed by atoms with E-state index in [0.29, 0.717) is 5.41 Å². The number of hydrogen-bond donors (Lipinski definition) is 0. The zero-order valence-corrected chi connectivity index (χ0v) is 11.4. The maximum Gasteiger partial charge on any atom is 0.0397 e. The van der Waals surface area contributed by atoms with Gasteiger partial charge < -0.3 is 4.90 Å². The van der Waals surface area contributed by atoms with Crippen molar-refractivity contribution in [3.63, 3.8) is 0 Å². The number of rotatable bonds is 1. The number of piperidine rings is 1. The molecular weight excluding hydrogens is 220 g/mol. The summed E-state index contributed by atoms with van der Waals surface area (Å²) in [6, 6.07) is 4.28. The molecule has 0 N–H and O–H groups in total. The second kappa shape index (κ2) is 4.91. The van der Waals surface area contributed by atoms with E-state index in [1.54, 1.807) is 0 Å². The Labute approximate surface area is 110 Å². The summed E-state index contributed by atoms with van der Waals surface area (Å²) >= 11 is 0. The van der Waals surface area contributed by atoms with Crippen LogP contribution in [-0.2, 0) is 0 Å². The van der Waals surface area contributed by atoms with Crippen LogP contribution >= 0.6 is 0 Å². The third kappa shape index (κ3) is 2.38. The quantitative estimate of drug-likeness (QED) is 0.745. The smallest absolute Gasteiger partial charge is 0.0397 e. The van der Waals surface area contributed by atoms with Crippen LogP contribution in [-0.4, -0.2) is 18.1 Å². The molecule has 2 heteroatoms. The largest absolute Gasteiger partial charge is 0.371 e. The van der Waals surface area contributed by atoms with Crippen molar-refractivity contribution in [2.24, 2.45) is 11.3 Å². The monoisotopic (exact) mass is 244 g/mol. The minimum absolute atomic E-state index is 0.691. The molecule has 2 fully saturated rings. The van der Waals surface area contributed by atoms with Gasteiger partial charge in [0.2, 0.25) is 0 Å². The van der Waals surface area contributed by atoms with Crippen molar-refractivity contribution >= 4 is 5.69 Å². The normalized spacial score (nSPS) is 24.4. The lowest BCUT2D eigenvalue weighted by molar-refractivity contribution is 0.119. The molecule has 0 unspecified atom stereocenters. The summed E-state index contributed by atoms with van der Waals surface area (Å²) in [5, 5.41) is 0. The Morgan fingerprint density at radius 2 is 1.67 bits per heavy atom. The zero-order valence-electron chi connectivity index (χ0n) is 11.4. The van der Waals surface area contributed by atoms with Crippen LogP contribution in [0.3, 0.4) is 0 Å². The van der Waals surface area contributed by atoms with Crippen LogP contribution < -0.4 is 4.90 Å². The summed E-state index contributed by atoms with van der Waals surface area (Å²) in [5.41, 5.74) is 2.04. The molecule has 0 atom stereocenters. The lowest BCUT2D eigenvalue weighted by Gasteiger charge is -2.46. The first-order valence-electron chi connectivity index (χ1n) is 7.42. The Balaban J connectivity index is 1.61. The van der Waals surface area contributed by atoms with Crippen LogP contribution in [0, 0.1) is 11.3 Å². The second-order valence-electron chi connectivity index (χ2n) is 6.37. The highest BCUT2D eigenvalue weighted by molar-refractivity contribution is 5.45. The molecule has 2 nitrogen and oxygen atoms in total. The van der Waals surface area contributed by atoms with Crippen molar-refractivity contribution in [3.8, 4) is 0 Å². The van der Waals surface area contributed by atoms with Crippen LogP contribution in [0.2, 0.25) is 0 Å². The SMILES string of the molecule is CC1CCC2(CC1)CCN(c1ccncc1)CC2. The van der Waals surface area contributed by atoms with E-state index in [2.05, 4.69) is 28.9 Å². The third-order valence-corrected chi connectivity index (χ3v) is 5.19. The molecule has 1 aromatic heterocycles. The predicted octanol–water partition coefficient (Wildman–Crippen LogP) is 3.88. The topological polar surface area (TPSA) is 16.1 Å². The van der Waals surface area contributed by atoms with Gasteiger partial charge in [-0.2, -0.15) is 0 Å². The van der Waals surface area contributed by atoms with Crippen molar-refractivity contribution in [2.45, 2.75) is 45.4 Å². The van der Waals surface area contributed by atoms with Crippen molar-refractivity contribution < 1.29 is 0 Å². The number of anilines is 1. The molecule has 1 saturated heterocycles. The molecule has 1 aliphatic heterocycles. The Hall–Kier alpha value is -1.05. The molecule has 1 spiro atoms. The Morgan fingerprint density at radius 1 is 1.06 bits per heavy atom. The second-order valence-corrected chi connectivity index (χ2v) is 6.37. The molecule has 98 valence electrons. The van der Waals surface area contributed by atoms with Gasteiger partial charge in [0.1, 0.15) is 0 Å². The van der Waals surface area contributed by atoms with E-state index in [9.17, 15) is 0 Å². The van der Waals surface area contributed by atoms with E-state index in [1.807, 2.05) is 12.4 Å². The highest BCUT2D eigenvalue weighted by Gasteiger charge is 2.37. The first-order valence-corrected chi connectivity index (χ1v) is 7.42. The van der Waals surface area contributed by atoms with Crippen LogP contribution in [0.25, 0.3) is 0 Å². The Morgan fingerprint density at radius 3 is 2.28 bits per heavy atom. The average Bonchev–Trinajstić information content (AvgIpc) is 2.44. The fraction of sp³-hybridized carbons (Fsp3) is 0.688. The number of nitrogens with zero attached hydrogens (tertiary/aromatic N) is 2. The molecule has 1 aromatic rings. The van der Waals surface area contributed by atoms with Gasteiger partial charge in [-0.1, -0.05) is 19.8 Å². The molecule has 3 rings (SSSR count).